The average Bonchev–Trinajstić information content (AvgIpc) is 2.68. The van der Waals surface area contributed by atoms with Crippen LogP contribution in [-0.4, -0.2) is 22.4 Å². The number of hydrogen-bond acceptors (Lipinski definition) is 3. The SMILES string of the molecule is NCCCC(=O)c1cc2cc(O)ccc2[nH]1. The van der Waals surface area contributed by atoms with E-state index in [1.54, 1.807) is 24.3 Å². The molecule has 0 radical (unpaired) electrons. The van der Waals surface area contributed by atoms with Gasteiger partial charge in [0.2, 0.25) is 0 Å². The molecule has 2 aromatic rings. The van der Waals surface area contributed by atoms with E-state index in [0.29, 0.717) is 25.1 Å². The third kappa shape index (κ3) is 2.06. The van der Waals surface area contributed by atoms with Gasteiger partial charge in [0.05, 0.1) is 5.69 Å². The van der Waals surface area contributed by atoms with E-state index in [9.17, 15) is 9.90 Å². The number of ketones is 1. The maximum Gasteiger partial charge on any atom is 0.179 e. The Morgan fingerprint density at radius 1 is 1.38 bits per heavy atom. The molecule has 16 heavy (non-hydrogen) atoms. The number of fused-ring (bicyclic) bond motifs is 1. The molecule has 0 saturated carbocycles. The first-order valence-corrected chi connectivity index (χ1v) is 5.25. The normalized spacial score (nSPS) is 10.8. The minimum Gasteiger partial charge on any atom is -0.508 e. The number of rotatable bonds is 4. The lowest BCUT2D eigenvalue weighted by Crippen LogP contribution is -2.04. The summed E-state index contributed by atoms with van der Waals surface area (Å²) in [5.41, 5.74) is 6.79. The second-order valence-electron chi connectivity index (χ2n) is 3.77. The maximum atomic E-state index is 11.7. The van der Waals surface area contributed by atoms with E-state index in [1.807, 2.05) is 0 Å². The molecule has 0 fully saturated rings. The van der Waals surface area contributed by atoms with E-state index >= 15 is 0 Å². The molecule has 4 nitrogen and oxygen atoms in total. The molecule has 0 amide bonds. The van der Waals surface area contributed by atoms with Gasteiger partial charge in [-0.1, -0.05) is 0 Å². The maximum absolute atomic E-state index is 11.7. The molecule has 1 aromatic carbocycles. The zero-order valence-corrected chi connectivity index (χ0v) is 8.86. The lowest BCUT2D eigenvalue weighted by atomic mass is 10.1. The second kappa shape index (κ2) is 4.37. The van der Waals surface area contributed by atoms with Gasteiger partial charge in [-0.05, 0) is 37.2 Å². The molecule has 0 bridgehead atoms. The summed E-state index contributed by atoms with van der Waals surface area (Å²) in [5, 5.41) is 10.1. The highest BCUT2D eigenvalue weighted by molar-refractivity contribution is 5.99. The predicted octanol–water partition coefficient (Wildman–Crippen LogP) is 1.80. The fourth-order valence-corrected chi connectivity index (χ4v) is 1.67. The number of Topliss-reactive ketones (excluding diaryl/α,β-unsaturated/α-hetero) is 1. The first kappa shape index (κ1) is 10.7. The van der Waals surface area contributed by atoms with Crippen LogP contribution in [0.2, 0.25) is 0 Å². The molecular formula is C12H14N2O2. The Morgan fingerprint density at radius 3 is 2.94 bits per heavy atom. The number of phenols is 1. The number of carbonyl (C=O) groups excluding carboxylic acids is 1. The van der Waals surface area contributed by atoms with E-state index in [2.05, 4.69) is 4.98 Å². The van der Waals surface area contributed by atoms with Gasteiger partial charge in [0, 0.05) is 17.3 Å². The fourth-order valence-electron chi connectivity index (χ4n) is 1.67. The highest BCUT2D eigenvalue weighted by atomic mass is 16.3. The number of nitrogens with one attached hydrogen (secondary N) is 1. The summed E-state index contributed by atoms with van der Waals surface area (Å²) in [5.74, 6) is 0.258. The minimum absolute atomic E-state index is 0.0566. The highest BCUT2D eigenvalue weighted by Gasteiger charge is 2.09. The Hall–Kier alpha value is -1.81. The van der Waals surface area contributed by atoms with Gasteiger partial charge in [-0.25, -0.2) is 0 Å². The molecule has 2 rings (SSSR count). The molecule has 4 heteroatoms. The first-order chi connectivity index (χ1) is 7.70. The molecular weight excluding hydrogens is 204 g/mol. The standard InChI is InChI=1S/C12H14N2O2/c13-5-1-2-12(16)11-7-8-6-9(15)3-4-10(8)14-11/h3-4,6-7,14-15H,1-2,5,13H2. The van der Waals surface area contributed by atoms with Crippen LogP contribution in [0.25, 0.3) is 10.9 Å². The topological polar surface area (TPSA) is 79.1 Å². The number of benzene rings is 1. The Labute approximate surface area is 93.1 Å². The molecule has 0 spiro atoms. The second-order valence-corrected chi connectivity index (χ2v) is 3.77. The van der Waals surface area contributed by atoms with Gasteiger partial charge in [-0.15, -0.1) is 0 Å². The number of aromatic amines is 1. The van der Waals surface area contributed by atoms with Gasteiger partial charge in [0.25, 0.3) is 0 Å². The zero-order valence-electron chi connectivity index (χ0n) is 8.86. The van der Waals surface area contributed by atoms with Gasteiger partial charge in [0.1, 0.15) is 5.75 Å². The smallest absolute Gasteiger partial charge is 0.179 e. The number of aromatic nitrogens is 1. The number of H-pyrrole nitrogens is 1. The summed E-state index contributed by atoms with van der Waals surface area (Å²) in [6, 6.07) is 6.73. The summed E-state index contributed by atoms with van der Waals surface area (Å²) >= 11 is 0. The summed E-state index contributed by atoms with van der Waals surface area (Å²) in [4.78, 5) is 14.7. The van der Waals surface area contributed by atoms with Crippen LogP contribution in [-0.2, 0) is 0 Å². The molecule has 0 aliphatic rings. The van der Waals surface area contributed by atoms with Crippen LogP contribution in [0.15, 0.2) is 24.3 Å². The average molecular weight is 218 g/mol. The van der Waals surface area contributed by atoms with Crippen LogP contribution in [0.3, 0.4) is 0 Å². The van der Waals surface area contributed by atoms with E-state index in [0.717, 1.165) is 10.9 Å². The molecule has 0 atom stereocenters. The zero-order chi connectivity index (χ0) is 11.5. The highest BCUT2D eigenvalue weighted by Crippen LogP contribution is 2.21. The van der Waals surface area contributed by atoms with Crippen molar-refractivity contribution in [3.05, 3.63) is 30.0 Å². The van der Waals surface area contributed by atoms with Crippen molar-refractivity contribution in [2.45, 2.75) is 12.8 Å². The fraction of sp³-hybridized carbons (Fsp3) is 0.250. The first-order valence-electron chi connectivity index (χ1n) is 5.25. The molecule has 0 unspecified atom stereocenters. The van der Waals surface area contributed by atoms with Gasteiger partial charge < -0.3 is 15.8 Å². The van der Waals surface area contributed by atoms with Crippen molar-refractivity contribution in [2.24, 2.45) is 5.73 Å². The third-order valence-corrected chi connectivity index (χ3v) is 2.51. The van der Waals surface area contributed by atoms with Crippen molar-refractivity contribution >= 4 is 16.7 Å². The van der Waals surface area contributed by atoms with Crippen molar-refractivity contribution in [2.75, 3.05) is 6.54 Å². The monoisotopic (exact) mass is 218 g/mol. The van der Waals surface area contributed by atoms with Gasteiger partial charge in [-0.3, -0.25) is 4.79 Å². The quantitative estimate of drug-likeness (QED) is 0.684. The number of phenolic OH excluding ortho intramolecular Hbond substituents is 1. The van der Waals surface area contributed by atoms with E-state index in [1.165, 1.54) is 0 Å². The molecule has 0 aliphatic carbocycles. The van der Waals surface area contributed by atoms with Crippen molar-refractivity contribution in [1.29, 1.82) is 0 Å². The van der Waals surface area contributed by atoms with E-state index in [-0.39, 0.29) is 11.5 Å². The third-order valence-electron chi connectivity index (χ3n) is 2.51. The molecule has 4 N–H and O–H groups in total. The number of carbonyl (C=O) groups is 1. The van der Waals surface area contributed by atoms with E-state index < -0.39 is 0 Å². The van der Waals surface area contributed by atoms with Crippen LogP contribution >= 0.6 is 0 Å². The molecule has 1 aromatic heterocycles. The van der Waals surface area contributed by atoms with Crippen LogP contribution in [0.4, 0.5) is 0 Å². The Kier molecular flexibility index (Phi) is 2.92. The number of nitrogens with two attached hydrogens (primary N) is 1. The lowest BCUT2D eigenvalue weighted by Gasteiger charge is -1.94. The van der Waals surface area contributed by atoms with Crippen LogP contribution < -0.4 is 5.73 Å². The van der Waals surface area contributed by atoms with Crippen LogP contribution in [0.5, 0.6) is 5.75 Å². The summed E-state index contributed by atoms with van der Waals surface area (Å²) < 4.78 is 0. The van der Waals surface area contributed by atoms with Crippen molar-refractivity contribution in [3.8, 4) is 5.75 Å². The Balaban J connectivity index is 2.28. The summed E-state index contributed by atoms with van der Waals surface area (Å²) in [6.07, 6.45) is 1.15. The van der Waals surface area contributed by atoms with Gasteiger partial charge in [0.15, 0.2) is 5.78 Å². The minimum atomic E-state index is 0.0566. The molecule has 0 saturated heterocycles. The molecule has 1 heterocycles. The predicted molar refractivity (Wildman–Crippen MR) is 62.6 cm³/mol. The Bertz CT molecular complexity index is 517. The Morgan fingerprint density at radius 2 is 2.19 bits per heavy atom. The van der Waals surface area contributed by atoms with Crippen molar-refractivity contribution in [3.63, 3.8) is 0 Å². The van der Waals surface area contributed by atoms with Crippen LogP contribution in [0.1, 0.15) is 23.3 Å². The molecule has 0 aliphatic heterocycles. The number of aromatic hydroxyl groups is 1. The van der Waals surface area contributed by atoms with Crippen LogP contribution in [0, 0.1) is 0 Å². The largest absolute Gasteiger partial charge is 0.508 e. The van der Waals surface area contributed by atoms with Gasteiger partial charge in [-0.2, -0.15) is 0 Å². The van der Waals surface area contributed by atoms with E-state index in [4.69, 9.17) is 5.73 Å². The van der Waals surface area contributed by atoms with Crippen molar-refractivity contribution < 1.29 is 9.90 Å². The lowest BCUT2D eigenvalue weighted by molar-refractivity contribution is 0.0977. The number of hydrogen-bond donors (Lipinski definition) is 3. The molecule has 84 valence electrons. The summed E-state index contributed by atoms with van der Waals surface area (Å²) in [7, 11) is 0. The van der Waals surface area contributed by atoms with Gasteiger partial charge >= 0.3 is 0 Å². The summed E-state index contributed by atoms with van der Waals surface area (Å²) in [6.45, 7) is 0.521. The van der Waals surface area contributed by atoms with Crippen molar-refractivity contribution in [1.82, 2.24) is 4.98 Å².